The summed E-state index contributed by atoms with van der Waals surface area (Å²) in [5.41, 5.74) is 4.83. The highest BCUT2D eigenvalue weighted by atomic mass is 16.5. The van der Waals surface area contributed by atoms with Gasteiger partial charge in [-0.15, -0.1) is 0 Å². The SMILES string of the molecule is COc1ccccc1-c1c2c(C(C)(C)C)n[nH]c2c(O)n1-c1ccc(-c2cc(CO)no2)cc1. The number of aromatic nitrogens is 4. The molecule has 0 radical (unpaired) electrons. The summed E-state index contributed by atoms with van der Waals surface area (Å²) in [6.07, 6.45) is 0. The van der Waals surface area contributed by atoms with Crippen LogP contribution in [0.5, 0.6) is 11.6 Å². The largest absolute Gasteiger partial charge is 0.496 e. The topological polar surface area (TPSA) is 109 Å². The number of nitrogens with one attached hydrogen (secondary N) is 1. The van der Waals surface area contributed by atoms with Gasteiger partial charge >= 0.3 is 0 Å². The number of hydrogen-bond donors (Lipinski definition) is 3. The molecule has 3 N–H and O–H groups in total. The van der Waals surface area contributed by atoms with Gasteiger partial charge in [-0.25, -0.2) is 0 Å². The quantitative estimate of drug-likeness (QED) is 0.335. The number of para-hydroxylation sites is 1. The third kappa shape index (κ3) is 3.43. The molecule has 0 fully saturated rings. The second kappa shape index (κ2) is 8.07. The Hall–Kier alpha value is -4.04. The van der Waals surface area contributed by atoms with Crippen molar-refractivity contribution in [3.8, 4) is 39.9 Å². The lowest BCUT2D eigenvalue weighted by atomic mass is 9.89. The van der Waals surface area contributed by atoms with Gasteiger partial charge in [0.25, 0.3) is 0 Å². The summed E-state index contributed by atoms with van der Waals surface area (Å²) in [6.45, 7) is 6.10. The van der Waals surface area contributed by atoms with Crippen LogP contribution in [0.4, 0.5) is 0 Å². The van der Waals surface area contributed by atoms with Crippen molar-refractivity contribution >= 4 is 10.9 Å². The van der Waals surface area contributed by atoms with E-state index in [1.165, 1.54) is 0 Å². The van der Waals surface area contributed by atoms with Gasteiger partial charge in [-0.2, -0.15) is 5.10 Å². The average Bonchev–Trinajstić information content (AvgIpc) is 3.55. The summed E-state index contributed by atoms with van der Waals surface area (Å²) in [7, 11) is 1.63. The number of hydrogen-bond acceptors (Lipinski definition) is 6. The molecule has 5 aromatic rings. The van der Waals surface area contributed by atoms with Crippen molar-refractivity contribution in [2.75, 3.05) is 7.11 Å². The average molecular weight is 459 g/mol. The van der Waals surface area contributed by atoms with Crippen LogP contribution in [0.2, 0.25) is 0 Å². The van der Waals surface area contributed by atoms with Crippen LogP contribution in [0.25, 0.3) is 39.2 Å². The van der Waals surface area contributed by atoms with Crippen LogP contribution in [0.1, 0.15) is 32.2 Å². The number of ether oxygens (including phenoxy) is 1. The number of fused-ring (bicyclic) bond motifs is 1. The predicted molar refractivity (Wildman–Crippen MR) is 129 cm³/mol. The Morgan fingerprint density at radius 3 is 2.47 bits per heavy atom. The molecule has 5 rings (SSSR count). The van der Waals surface area contributed by atoms with Gasteiger partial charge in [0.05, 0.1) is 30.5 Å². The Bertz CT molecular complexity index is 1470. The summed E-state index contributed by atoms with van der Waals surface area (Å²) in [5, 5.41) is 32.9. The van der Waals surface area contributed by atoms with Gasteiger partial charge in [0.2, 0.25) is 5.88 Å². The van der Waals surface area contributed by atoms with E-state index in [0.29, 0.717) is 22.7 Å². The number of aromatic amines is 1. The van der Waals surface area contributed by atoms with Gasteiger partial charge < -0.3 is 19.5 Å². The van der Waals surface area contributed by atoms with E-state index >= 15 is 0 Å². The van der Waals surface area contributed by atoms with Gasteiger partial charge in [-0.1, -0.05) is 38.1 Å². The molecular formula is C26H26N4O4. The maximum absolute atomic E-state index is 11.3. The van der Waals surface area contributed by atoms with E-state index in [9.17, 15) is 10.2 Å². The molecule has 8 heteroatoms. The van der Waals surface area contributed by atoms with Crippen LogP contribution in [-0.4, -0.2) is 37.2 Å². The Kier molecular flexibility index (Phi) is 5.17. The smallest absolute Gasteiger partial charge is 0.222 e. The first-order valence-electron chi connectivity index (χ1n) is 11.0. The second-order valence-electron chi connectivity index (χ2n) is 9.17. The molecule has 0 amide bonds. The van der Waals surface area contributed by atoms with Crippen molar-refractivity contribution in [2.45, 2.75) is 32.8 Å². The van der Waals surface area contributed by atoms with Gasteiger partial charge in [-0.3, -0.25) is 9.67 Å². The van der Waals surface area contributed by atoms with Gasteiger partial charge in [0.1, 0.15) is 17.0 Å². The van der Waals surface area contributed by atoms with Crippen molar-refractivity contribution in [1.29, 1.82) is 0 Å². The van der Waals surface area contributed by atoms with Gasteiger partial charge in [0, 0.05) is 28.3 Å². The van der Waals surface area contributed by atoms with Gasteiger partial charge in [0.15, 0.2) is 5.76 Å². The fourth-order valence-electron chi connectivity index (χ4n) is 4.25. The standard InChI is InChI=1S/C26H26N4O4/c1-26(2,3)24-21-22(27-28-24)25(32)30(23(21)18-7-5-6-8-19(18)33-4)17-11-9-15(10-12-17)20-13-16(14-31)29-34-20/h5-13,27,31-32H,14H2,1-4H3. The van der Waals surface area contributed by atoms with E-state index in [4.69, 9.17) is 9.26 Å². The van der Waals surface area contributed by atoms with Crippen LogP contribution in [0.3, 0.4) is 0 Å². The molecule has 0 saturated carbocycles. The molecule has 0 atom stereocenters. The number of aliphatic hydroxyl groups is 1. The zero-order valence-corrected chi connectivity index (χ0v) is 19.5. The summed E-state index contributed by atoms with van der Waals surface area (Å²) in [6, 6.07) is 17.0. The number of nitrogens with zero attached hydrogens (tertiary/aromatic N) is 3. The van der Waals surface area contributed by atoms with Crippen LogP contribution in [0, 0.1) is 0 Å². The Morgan fingerprint density at radius 2 is 1.82 bits per heavy atom. The van der Waals surface area contributed by atoms with Crippen molar-refractivity contribution < 1.29 is 19.5 Å². The lowest BCUT2D eigenvalue weighted by Crippen LogP contribution is -2.12. The number of benzene rings is 2. The van der Waals surface area contributed by atoms with E-state index < -0.39 is 0 Å². The highest BCUT2D eigenvalue weighted by Gasteiger charge is 2.30. The molecule has 0 unspecified atom stereocenters. The minimum Gasteiger partial charge on any atom is -0.496 e. The normalized spacial score (nSPS) is 11.9. The fraction of sp³-hybridized carbons (Fsp3) is 0.231. The van der Waals surface area contributed by atoms with E-state index in [-0.39, 0.29) is 17.9 Å². The lowest BCUT2D eigenvalue weighted by molar-refractivity contribution is 0.267. The van der Waals surface area contributed by atoms with Crippen LogP contribution in [-0.2, 0) is 12.0 Å². The molecule has 0 bridgehead atoms. The highest BCUT2D eigenvalue weighted by Crippen LogP contribution is 2.46. The molecule has 0 aliphatic carbocycles. The van der Waals surface area contributed by atoms with Crippen molar-refractivity contribution in [3.05, 3.63) is 66.0 Å². The van der Waals surface area contributed by atoms with E-state index in [0.717, 1.165) is 33.6 Å². The zero-order valence-electron chi connectivity index (χ0n) is 19.5. The summed E-state index contributed by atoms with van der Waals surface area (Å²) < 4.78 is 12.8. The Morgan fingerprint density at radius 1 is 1.09 bits per heavy atom. The summed E-state index contributed by atoms with van der Waals surface area (Å²) >= 11 is 0. The first-order valence-corrected chi connectivity index (χ1v) is 11.0. The molecule has 0 saturated heterocycles. The third-order valence-corrected chi connectivity index (χ3v) is 5.87. The third-order valence-electron chi connectivity index (χ3n) is 5.87. The monoisotopic (exact) mass is 458 g/mol. The predicted octanol–water partition coefficient (Wildman–Crippen LogP) is 5.18. The van der Waals surface area contributed by atoms with Crippen molar-refractivity contribution in [2.24, 2.45) is 0 Å². The summed E-state index contributed by atoms with van der Waals surface area (Å²) in [5.74, 6) is 1.32. The van der Waals surface area contributed by atoms with Crippen molar-refractivity contribution in [1.82, 2.24) is 19.9 Å². The van der Waals surface area contributed by atoms with Crippen LogP contribution in [0.15, 0.2) is 59.1 Å². The number of aromatic hydroxyl groups is 1. The number of methoxy groups -OCH3 is 1. The minimum absolute atomic E-state index is 0.0638. The van der Waals surface area contributed by atoms with Crippen LogP contribution < -0.4 is 4.74 Å². The fourth-order valence-corrected chi connectivity index (χ4v) is 4.25. The molecule has 0 aliphatic heterocycles. The van der Waals surface area contributed by atoms with Gasteiger partial charge in [-0.05, 0) is 36.4 Å². The molecule has 2 aromatic carbocycles. The Labute approximate surface area is 196 Å². The molecule has 174 valence electrons. The minimum atomic E-state index is -0.256. The summed E-state index contributed by atoms with van der Waals surface area (Å²) in [4.78, 5) is 0. The van der Waals surface area contributed by atoms with Crippen molar-refractivity contribution in [3.63, 3.8) is 0 Å². The molecule has 0 spiro atoms. The van der Waals surface area contributed by atoms with E-state index in [1.54, 1.807) is 17.7 Å². The maximum Gasteiger partial charge on any atom is 0.222 e. The molecule has 0 aliphatic rings. The van der Waals surface area contributed by atoms with Crippen LogP contribution >= 0.6 is 0 Å². The number of rotatable bonds is 5. The number of aliphatic hydroxyl groups excluding tert-OH is 1. The highest BCUT2D eigenvalue weighted by molar-refractivity contribution is 6.02. The molecule has 3 heterocycles. The van der Waals surface area contributed by atoms with E-state index in [1.807, 2.05) is 48.5 Å². The lowest BCUT2D eigenvalue weighted by Gasteiger charge is -2.18. The zero-order chi connectivity index (χ0) is 24.0. The molecule has 3 aromatic heterocycles. The first kappa shape index (κ1) is 21.8. The maximum atomic E-state index is 11.3. The second-order valence-corrected chi connectivity index (χ2v) is 9.17. The van der Waals surface area contributed by atoms with E-state index in [2.05, 4.69) is 36.1 Å². The molecule has 8 nitrogen and oxygen atoms in total. The molecule has 34 heavy (non-hydrogen) atoms. The first-order chi connectivity index (χ1) is 16.3. The molecular weight excluding hydrogens is 432 g/mol. The Balaban J connectivity index is 1.76. The number of H-pyrrole nitrogens is 1.